The van der Waals surface area contributed by atoms with Crippen molar-refractivity contribution in [2.75, 3.05) is 0 Å². The first kappa shape index (κ1) is 18.4. The van der Waals surface area contributed by atoms with Crippen LogP contribution in [0.5, 0.6) is 0 Å². The molecule has 3 rings (SSSR count). The van der Waals surface area contributed by atoms with Crippen molar-refractivity contribution in [1.82, 2.24) is 0 Å². The summed E-state index contributed by atoms with van der Waals surface area (Å²) in [7, 11) is -4.40. The van der Waals surface area contributed by atoms with E-state index in [0.717, 1.165) is 12.1 Å². The first-order valence-corrected chi connectivity index (χ1v) is 9.38. The molecule has 2 aromatic rings. The van der Waals surface area contributed by atoms with Gasteiger partial charge >= 0.3 is 16.3 Å². The summed E-state index contributed by atoms with van der Waals surface area (Å²) in [5, 5.41) is 0. The quantitative estimate of drug-likeness (QED) is 0.756. The van der Waals surface area contributed by atoms with Crippen molar-refractivity contribution in [3.63, 3.8) is 0 Å². The number of rotatable bonds is 5. The maximum absolute atomic E-state index is 13.3. The molecule has 0 aliphatic carbocycles. The second-order valence-electron chi connectivity index (χ2n) is 5.77. The Balaban J connectivity index is 1.92. The van der Waals surface area contributed by atoms with Crippen molar-refractivity contribution >= 4 is 15.9 Å². The zero-order chi connectivity index (χ0) is 21.4. The molecule has 1 atom stereocenters. The summed E-state index contributed by atoms with van der Waals surface area (Å²) in [6, 6.07) is 11.6. The molecule has 2 N–H and O–H groups in total. The molecular weight excluding hydrogens is 399 g/mol. The molecule has 0 aromatic heterocycles. The number of hydrogen-bond acceptors (Lipinski definition) is 6. The lowest BCUT2D eigenvalue weighted by Crippen LogP contribution is -2.19. The molecule has 10 heteroatoms. The van der Waals surface area contributed by atoms with E-state index in [4.69, 9.17) is 16.0 Å². The highest BCUT2D eigenvalue weighted by atomic mass is 32.2. The molecule has 1 aliphatic rings. The molecule has 0 fully saturated rings. The lowest BCUT2D eigenvalue weighted by atomic mass is 9.99. The molecular formula is C18H14F3NO5S. The van der Waals surface area contributed by atoms with Crippen LogP contribution in [-0.4, -0.2) is 14.2 Å². The first-order valence-electron chi connectivity index (χ1n) is 8.30. The summed E-state index contributed by atoms with van der Waals surface area (Å²) in [6.07, 6.45) is -7.82. The number of alkyl halides is 3. The van der Waals surface area contributed by atoms with Crippen LogP contribution in [-0.2, 0) is 35.8 Å². The van der Waals surface area contributed by atoms with E-state index in [0.29, 0.717) is 11.6 Å². The van der Waals surface area contributed by atoms with Gasteiger partial charge in [0.05, 0.1) is 6.93 Å². The molecule has 0 saturated heterocycles. The van der Waals surface area contributed by atoms with Gasteiger partial charge in [0.25, 0.3) is 0 Å². The van der Waals surface area contributed by atoms with E-state index in [1.165, 1.54) is 18.2 Å². The van der Waals surface area contributed by atoms with Crippen molar-refractivity contribution in [2.24, 2.45) is 5.73 Å². The summed E-state index contributed by atoms with van der Waals surface area (Å²) in [5.74, 6) is -4.00. The van der Waals surface area contributed by atoms with Gasteiger partial charge in [0, 0.05) is 5.56 Å². The highest BCUT2D eigenvalue weighted by Crippen LogP contribution is 2.40. The number of Topliss-reactive ketones (excluding diaryl/α,β-unsaturated/α-hetero) is 1. The van der Waals surface area contributed by atoms with Gasteiger partial charge < -0.3 is 14.7 Å². The second-order valence-corrected chi connectivity index (χ2v) is 7.34. The molecule has 0 amide bonds. The zero-order valence-corrected chi connectivity index (χ0v) is 14.9. The van der Waals surface area contributed by atoms with Crippen LogP contribution in [0.1, 0.15) is 24.1 Å². The Hall–Kier alpha value is -3.01. The maximum Gasteiger partial charge on any atom is 0.416 e. The predicted octanol–water partition coefficient (Wildman–Crippen LogP) is 3.02. The van der Waals surface area contributed by atoms with Gasteiger partial charge in [-0.1, -0.05) is 48.5 Å². The highest BCUT2D eigenvalue weighted by Gasteiger charge is 2.44. The van der Waals surface area contributed by atoms with Crippen LogP contribution in [0.3, 0.4) is 0 Å². The molecule has 1 aliphatic heterocycles. The van der Waals surface area contributed by atoms with Gasteiger partial charge in [-0.25, -0.2) is 0 Å². The Labute approximate surface area is 159 Å². The number of nitrogens with two attached hydrogens (primary N) is 1. The van der Waals surface area contributed by atoms with Gasteiger partial charge in [0.2, 0.25) is 17.4 Å². The minimum Gasteiger partial charge on any atom is -0.460 e. The standard InChI is InChI=1S/C18H14F3NO5S/c19-18(20,21)13-9-5-4-8-12(13)15-14(23)16(17(22)26-15)27-28(24,25)10-11-6-2-1-3-7-11/h1-9,15H,10,22H2/i15D. The van der Waals surface area contributed by atoms with E-state index in [2.05, 4.69) is 0 Å². The van der Waals surface area contributed by atoms with Gasteiger partial charge in [-0.05, 0) is 11.6 Å². The SMILES string of the molecule is [2H]C1(c2ccccc2C(F)(F)F)OC(N)=C(OS(=O)(=O)Cc2ccccc2)C1=O. The molecule has 1 unspecified atom stereocenters. The smallest absolute Gasteiger partial charge is 0.416 e. The van der Waals surface area contributed by atoms with Crippen LogP contribution in [0, 0.1) is 0 Å². The van der Waals surface area contributed by atoms with E-state index in [1.807, 2.05) is 0 Å². The fourth-order valence-corrected chi connectivity index (χ4v) is 3.61. The summed E-state index contributed by atoms with van der Waals surface area (Å²) in [5.41, 5.74) is 3.71. The average Bonchev–Trinajstić information content (AvgIpc) is 2.85. The summed E-state index contributed by atoms with van der Waals surface area (Å²) >= 11 is 0. The highest BCUT2D eigenvalue weighted by molar-refractivity contribution is 7.86. The fourth-order valence-electron chi connectivity index (χ4n) is 2.54. The number of carbonyl (C=O) groups is 1. The van der Waals surface area contributed by atoms with Crippen molar-refractivity contribution in [3.05, 3.63) is 82.9 Å². The number of ether oxygens (including phenoxy) is 1. The number of ketones is 1. The lowest BCUT2D eigenvalue weighted by Gasteiger charge is -2.16. The lowest BCUT2D eigenvalue weighted by molar-refractivity contribution is -0.139. The van der Waals surface area contributed by atoms with Gasteiger partial charge in [0.15, 0.2) is 6.08 Å². The Morgan fingerprint density at radius 3 is 2.36 bits per heavy atom. The average molecular weight is 414 g/mol. The Kier molecular flexibility index (Phi) is 4.71. The monoisotopic (exact) mass is 414 g/mol. The summed E-state index contributed by atoms with van der Waals surface area (Å²) in [4.78, 5) is 12.6. The van der Waals surface area contributed by atoms with Gasteiger partial charge in [-0.15, -0.1) is 0 Å². The van der Waals surface area contributed by atoms with Crippen molar-refractivity contribution in [1.29, 1.82) is 0 Å². The molecule has 6 nitrogen and oxygen atoms in total. The molecule has 0 bridgehead atoms. The molecule has 0 saturated carbocycles. The largest absolute Gasteiger partial charge is 0.460 e. The minimum absolute atomic E-state index is 0.345. The zero-order valence-electron chi connectivity index (χ0n) is 15.1. The minimum atomic E-state index is -4.88. The Morgan fingerprint density at radius 2 is 1.71 bits per heavy atom. The topological polar surface area (TPSA) is 95.7 Å². The number of benzene rings is 2. The number of halogens is 3. The van der Waals surface area contributed by atoms with Crippen molar-refractivity contribution in [2.45, 2.75) is 18.0 Å². The molecule has 1 heterocycles. The van der Waals surface area contributed by atoms with E-state index >= 15 is 0 Å². The first-order chi connectivity index (χ1) is 13.4. The van der Waals surface area contributed by atoms with Crippen LogP contribution < -0.4 is 5.73 Å². The van der Waals surface area contributed by atoms with E-state index < -0.39 is 56.7 Å². The number of hydrogen-bond donors (Lipinski definition) is 1. The van der Waals surface area contributed by atoms with Gasteiger partial charge in [0.1, 0.15) is 5.75 Å². The molecule has 2 aromatic carbocycles. The van der Waals surface area contributed by atoms with E-state index in [9.17, 15) is 26.4 Å². The summed E-state index contributed by atoms with van der Waals surface area (Å²) < 4.78 is 82.1. The predicted molar refractivity (Wildman–Crippen MR) is 91.6 cm³/mol. The third-order valence-electron chi connectivity index (χ3n) is 3.72. The second kappa shape index (κ2) is 7.19. The molecule has 0 radical (unpaired) electrons. The summed E-state index contributed by atoms with van der Waals surface area (Å²) in [6.45, 7) is 0. The van der Waals surface area contributed by atoms with Crippen molar-refractivity contribution < 1.29 is 36.7 Å². The fraction of sp³-hybridized carbons (Fsp3) is 0.167. The van der Waals surface area contributed by atoms with Crippen LogP contribution in [0.4, 0.5) is 13.2 Å². The molecule has 148 valence electrons. The van der Waals surface area contributed by atoms with Crippen LogP contribution in [0.25, 0.3) is 0 Å². The van der Waals surface area contributed by atoms with Crippen LogP contribution in [0.2, 0.25) is 0 Å². The normalized spacial score (nSPS) is 20.7. The van der Waals surface area contributed by atoms with Crippen molar-refractivity contribution in [3.8, 4) is 0 Å². The van der Waals surface area contributed by atoms with Crippen LogP contribution in [0.15, 0.2) is 66.2 Å². The molecule has 0 spiro atoms. The Morgan fingerprint density at radius 1 is 1.11 bits per heavy atom. The number of carbonyl (C=O) groups excluding carboxylic acids is 1. The third-order valence-corrected chi connectivity index (χ3v) is 4.83. The van der Waals surface area contributed by atoms with Crippen LogP contribution >= 0.6 is 0 Å². The van der Waals surface area contributed by atoms with E-state index in [-0.39, 0.29) is 0 Å². The third kappa shape index (κ3) is 4.11. The van der Waals surface area contributed by atoms with Gasteiger partial charge in [-0.2, -0.15) is 21.6 Å². The van der Waals surface area contributed by atoms with E-state index in [1.54, 1.807) is 18.2 Å². The maximum atomic E-state index is 13.3. The Bertz CT molecular complexity index is 1090. The van der Waals surface area contributed by atoms with Gasteiger partial charge in [-0.3, -0.25) is 4.79 Å². The molecule has 28 heavy (non-hydrogen) atoms.